The standard InChI is InChI=1S/C18H21NO7/c1-4-12-5-6-14(15(7-12)23-10-19)25-17-9-13(24-11(2)20)8-16(26-17)18(21)22-3/h5-7,13,16-17H,4,8-9H2,1-3H3. The van der Waals surface area contributed by atoms with Crippen LogP contribution in [0.25, 0.3) is 0 Å². The highest BCUT2D eigenvalue weighted by Gasteiger charge is 2.37. The zero-order valence-corrected chi connectivity index (χ0v) is 14.9. The highest BCUT2D eigenvalue weighted by atomic mass is 16.7. The van der Waals surface area contributed by atoms with Gasteiger partial charge in [-0.3, -0.25) is 4.79 Å². The molecule has 0 amide bonds. The minimum Gasteiger partial charge on any atom is -0.467 e. The average Bonchev–Trinajstić information content (AvgIpc) is 2.61. The van der Waals surface area contributed by atoms with E-state index in [9.17, 15) is 9.59 Å². The van der Waals surface area contributed by atoms with E-state index in [0.717, 1.165) is 12.0 Å². The zero-order valence-electron chi connectivity index (χ0n) is 14.9. The van der Waals surface area contributed by atoms with Gasteiger partial charge in [-0.15, -0.1) is 5.26 Å². The molecule has 0 radical (unpaired) electrons. The summed E-state index contributed by atoms with van der Waals surface area (Å²) in [6.07, 6.45) is 0.460. The maximum Gasteiger partial charge on any atom is 0.335 e. The van der Waals surface area contributed by atoms with Gasteiger partial charge in [0.15, 0.2) is 17.6 Å². The molecule has 26 heavy (non-hydrogen) atoms. The Morgan fingerprint density at radius 1 is 1.31 bits per heavy atom. The van der Waals surface area contributed by atoms with Gasteiger partial charge in [0.25, 0.3) is 6.26 Å². The molecule has 140 valence electrons. The number of rotatable bonds is 6. The van der Waals surface area contributed by atoms with Crippen molar-refractivity contribution in [2.45, 2.75) is 51.6 Å². The van der Waals surface area contributed by atoms with Crippen LogP contribution in [0.3, 0.4) is 0 Å². The fraction of sp³-hybridized carbons (Fsp3) is 0.500. The summed E-state index contributed by atoms with van der Waals surface area (Å²) in [5, 5.41) is 8.82. The van der Waals surface area contributed by atoms with Crippen LogP contribution in [0.4, 0.5) is 0 Å². The average molecular weight is 363 g/mol. The van der Waals surface area contributed by atoms with Crippen LogP contribution in [-0.4, -0.2) is 37.5 Å². The topological polar surface area (TPSA) is 104 Å². The lowest BCUT2D eigenvalue weighted by Crippen LogP contribution is -2.44. The van der Waals surface area contributed by atoms with Crippen molar-refractivity contribution in [1.82, 2.24) is 0 Å². The SMILES string of the molecule is CCc1ccc(OC2CC(OC(C)=O)CC(C(=O)OC)O2)c(OC#N)c1. The van der Waals surface area contributed by atoms with Gasteiger partial charge in [0.2, 0.25) is 6.29 Å². The lowest BCUT2D eigenvalue weighted by molar-refractivity contribution is -0.204. The molecule has 0 N–H and O–H groups in total. The van der Waals surface area contributed by atoms with E-state index in [1.54, 1.807) is 18.4 Å². The monoisotopic (exact) mass is 363 g/mol. The highest BCUT2D eigenvalue weighted by Crippen LogP contribution is 2.32. The summed E-state index contributed by atoms with van der Waals surface area (Å²) in [5.74, 6) is -0.495. The van der Waals surface area contributed by atoms with E-state index in [0.29, 0.717) is 5.75 Å². The quantitative estimate of drug-likeness (QED) is 0.559. The molecule has 0 spiro atoms. The number of carbonyl (C=O) groups is 2. The Kier molecular flexibility index (Phi) is 6.81. The van der Waals surface area contributed by atoms with Gasteiger partial charge in [-0.2, -0.15) is 0 Å². The third-order valence-electron chi connectivity index (χ3n) is 3.88. The summed E-state index contributed by atoms with van der Waals surface area (Å²) in [7, 11) is 1.25. The predicted molar refractivity (Wildman–Crippen MR) is 88.2 cm³/mol. The van der Waals surface area contributed by atoms with Crippen molar-refractivity contribution in [3.63, 3.8) is 0 Å². The molecule has 3 atom stereocenters. The first-order chi connectivity index (χ1) is 12.5. The lowest BCUT2D eigenvalue weighted by atomic mass is 10.0. The van der Waals surface area contributed by atoms with Gasteiger partial charge in [0, 0.05) is 19.8 Å². The first-order valence-corrected chi connectivity index (χ1v) is 8.22. The second-order valence-corrected chi connectivity index (χ2v) is 5.73. The molecule has 8 nitrogen and oxygen atoms in total. The van der Waals surface area contributed by atoms with Gasteiger partial charge < -0.3 is 23.7 Å². The third-order valence-corrected chi connectivity index (χ3v) is 3.88. The molecule has 2 rings (SSSR count). The second kappa shape index (κ2) is 9.06. The number of ether oxygens (including phenoxy) is 5. The van der Waals surface area contributed by atoms with E-state index in [1.807, 2.05) is 13.0 Å². The molecule has 0 aliphatic carbocycles. The number of nitriles is 1. The minimum atomic E-state index is -0.918. The van der Waals surface area contributed by atoms with Crippen LogP contribution < -0.4 is 9.47 Å². The van der Waals surface area contributed by atoms with E-state index in [1.165, 1.54) is 14.0 Å². The summed E-state index contributed by atoms with van der Waals surface area (Å²) >= 11 is 0. The van der Waals surface area contributed by atoms with Crippen LogP contribution in [-0.2, 0) is 30.2 Å². The molecule has 1 aromatic carbocycles. The van der Waals surface area contributed by atoms with Crippen LogP contribution in [0.15, 0.2) is 18.2 Å². The summed E-state index contributed by atoms with van der Waals surface area (Å²) in [4.78, 5) is 23.1. The van der Waals surface area contributed by atoms with Crippen molar-refractivity contribution in [3.05, 3.63) is 23.8 Å². The fourth-order valence-corrected chi connectivity index (χ4v) is 2.67. The van der Waals surface area contributed by atoms with E-state index >= 15 is 0 Å². The Balaban J connectivity index is 2.19. The van der Waals surface area contributed by atoms with E-state index < -0.39 is 30.4 Å². The minimum absolute atomic E-state index is 0.183. The van der Waals surface area contributed by atoms with Crippen molar-refractivity contribution in [2.24, 2.45) is 0 Å². The maximum atomic E-state index is 11.8. The van der Waals surface area contributed by atoms with Gasteiger partial charge >= 0.3 is 11.9 Å². The molecule has 1 aliphatic heterocycles. The predicted octanol–water partition coefficient (Wildman–Crippen LogP) is 2.10. The second-order valence-electron chi connectivity index (χ2n) is 5.73. The summed E-state index contributed by atoms with van der Waals surface area (Å²) < 4.78 is 26.3. The Morgan fingerprint density at radius 3 is 2.69 bits per heavy atom. The Bertz CT molecular complexity index is 697. The van der Waals surface area contributed by atoms with Crippen LogP contribution >= 0.6 is 0 Å². The Labute approximate surface area is 151 Å². The molecule has 1 heterocycles. The Morgan fingerprint density at radius 2 is 2.08 bits per heavy atom. The molecule has 1 fully saturated rings. The third kappa shape index (κ3) is 5.10. The molecule has 3 unspecified atom stereocenters. The van der Waals surface area contributed by atoms with Gasteiger partial charge in [0.1, 0.15) is 6.10 Å². The van der Waals surface area contributed by atoms with Crippen molar-refractivity contribution in [3.8, 4) is 17.8 Å². The molecular formula is C18H21NO7. The van der Waals surface area contributed by atoms with Gasteiger partial charge in [-0.05, 0) is 24.1 Å². The number of nitrogens with zero attached hydrogens (tertiary/aromatic N) is 1. The lowest BCUT2D eigenvalue weighted by Gasteiger charge is -2.33. The zero-order chi connectivity index (χ0) is 19.1. The van der Waals surface area contributed by atoms with Crippen molar-refractivity contribution >= 4 is 11.9 Å². The molecule has 8 heteroatoms. The first kappa shape index (κ1) is 19.5. The number of benzene rings is 1. The highest BCUT2D eigenvalue weighted by molar-refractivity contribution is 5.74. The molecule has 1 aromatic rings. The summed E-state index contributed by atoms with van der Waals surface area (Å²) in [6.45, 7) is 3.27. The number of hydrogen-bond acceptors (Lipinski definition) is 8. The number of carbonyl (C=O) groups excluding carboxylic acids is 2. The smallest absolute Gasteiger partial charge is 0.335 e. The molecule has 0 saturated carbocycles. The van der Waals surface area contributed by atoms with Crippen LogP contribution in [0.5, 0.6) is 11.5 Å². The number of hydrogen-bond donors (Lipinski definition) is 0. The summed E-state index contributed by atoms with van der Waals surface area (Å²) in [6, 6.07) is 5.20. The van der Waals surface area contributed by atoms with E-state index in [-0.39, 0.29) is 18.6 Å². The molecule has 0 bridgehead atoms. The van der Waals surface area contributed by atoms with E-state index in [4.69, 9.17) is 28.9 Å². The van der Waals surface area contributed by atoms with Crippen molar-refractivity contribution < 1.29 is 33.3 Å². The van der Waals surface area contributed by atoms with Crippen LogP contribution in [0, 0.1) is 11.5 Å². The molecule has 1 aliphatic rings. The van der Waals surface area contributed by atoms with Crippen LogP contribution in [0.1, 0.15) is 32.3 Å². The van der Waals surface area contributed by atoms with Crippen molar-refractivity contribution in [2.75, 3.05) is 7.11 Å². The maximum absolute atomic E-state index is 11.8. The largest absolute Gasteiger partial charge is 0.467 e. The fourth-order valence-electron chi connectivity index (χ4n) is 2.67. The van der Waals surface area contributed by atoms with Crippen LogP contribution in [0.2, 0.25) is 0 Å². The van der Waals surface area contributed by atoms with Crippen molar-refractivity contribution in [1.29, 1.82) is 5.26 Å². The number of aryl methyl sites for hydroxylation is 1. The Hall–Kier alpha value is -2.79. The van der Waals surface area contributed by atoms with E-state index in [2.05, 4.69) is 0 Å². The molecule has 1 saturated heterocycles. The normalized spacial score (nSPS) is 22.0. The molecular weight excluding hydrogens is 342 g/mol. The first-order valence-electron chi connectivity index (χ1n) is 8.22. The van der Waals surface area contributed by atoms with Gasteiger partial charge in [-0.25, -0.2) is 4.79 Å². The summed E-state index contributed by atoms with van der Waals surface area (Å²) in [5.41, 5.74) is 0.970. The van der Waals surface area contributed by atoms with Gasteiger partial charge in [0.05, 0.1) is 7.11 Å². The number of methoxy groups -OCH3 is 1. The molecule has 0 aromatic heterocycles. The van der Waals surface area contributed by atoms with Gasteiger partial charge in [-0.1, -0.05) is 13.0 Å². The number of esters is 2.